The average Bonchev–Trinajstić information content (AvgIpc) is 2.89. The van der Waals surface area contributed by atoms with Crippen molar-refractivity contribution >= 4 is 21.4 Å². The van der Waals surface area contributed by atoms with Gasteiger partial charge in [0.15, 0.2) is 0 Å². The Morgan fingerprint density at radius 2 is 1.67 bits per heavy atom. The molecule has 3 rings (SSSR count). The molecule has 0 fully saturated rings. The number of hydrogen-bond donors (Lipinski definition) is 2. The molecule has 24 heavy (non-hydrogen) atoms. The number of anilines is 2. The quantitative estimate of drug-likeness (QED) is 0.713. The van der Waals surface area contributed by atoms with Gasteiger partial charge in [0.05, 0.1) is 23.3 Å². The number of rotatable bonds is 4. The Morgan fingerprint density at radius 3 is 2.25 bits per heavy atom. The normalized spacial score (nSPS) is 11.4. The first-order valence-corrected chi connectivity index (χ1v) is 9.22. The Kier molecular flexibility index (Phi) is 4.02. The van der Waals surface area contributed by atoms with Gasteiger partial charge < -0.3 is 5.73 Å². The molecule has 0 saturated carbocycles. The lowest BCUT2D eigenvalue weighted by Crippen LogP contribution is -2.09. The fraction of sp³-hybridized carbons (Fsp3) is 0.118. The van der Waals surface area contributed by atoms with Crippen LogP contribution in [-0.2, 0) is 10.0 Å². The van der Waals surface area contributed by atoms with Gasteiger partial charge in [-0.2, -0.15) is 5.10 Å². The number of nitrogens with two attached hydrogens (primary N) is 1. The molecule has 6 nitrogen and oxygen atoms in total. The maximum absolute atomic E-state index is 11.3. The van der Waals surface area contributed by atoms with Crippen molar-refractivity contribution in [3.63, 3.8) is 0 Å². The SMILES string of the molecule is Cc1cc(-c2ccc(N)cc2)n(-c2ccc(NS(C)(=O)=O)cc2)n1. The maximum Gasteiger partial charge on any atom is 0.229 e. The van der Waals surface area contributed by atoms with Crippen LogP contribution in [0.1, 0.15) is 5.69 Å². The molecular weight excluding hydrogens is 324 g/mol. The molecule has 1 heterocycles. The lowest BCUT2D eigenvalue weighted by Gasteiger charge is -2.09. The summed E-state index contributed by atoms with van der Waals surface area (Å²) in [6, 6.07) is 16.6. The minimum absolute atomic E-state index is 0.513. The summed E-state index contributed by atoms with van der Waals surface area (Å²) >= 11 is 0. The fourth-order valence-electron chi connectivity index (χ4n) is 2.44. The molecule has 0 saturated heterocycles. The molecule has 3 aromatic rings. The largest absolute Gasteiger partial charge is 0.399 e. The summed E-state index contributed by atoms with van der Waals surface area (Å²) in [5.41, 5.74) is 10.6. The Bertz CT molecular complexity index is 959. The summed E-state index contributed by atoms with van der Waals surface area (Å²) in [6.07, 6.45) is 1.12. The van der Waals surface area contributed by atoms with Crippen LogP contribution in [0.25, 0.3) is 16.9 Å². The van der Waals surface area contributed by atoms with E-state index in [-0.39, 0.29) is 0 Å². The third kappa shape index (κ3) is 3.57. The van der Waals surface area contributed by atoms with E-state index in [2.05, 4.69) is 9.82 Å². The van der Waals surface area contributed by atoms with Crippen molar-refractivity contribution in [2.75, 3.05) is 16.7 Å². The molecule has 7 heteroatoms. The lowest BCUT2D eigenvalue weighted by atomic mass is 10.1. The minimum atomic E-state index is -3.29. The third-order valence-corrected chi connectivity index (χ3v) is 4.06. The second-order valence-corrected chi connectivity index (χ2v) is 7.37. The number of sulfonamides is 1. The Labute approximate surface area is 141 Å². The van der Waals surface area contributed by atoms with Crippen LogP contribution < -0.4 is 10.5 Å². The highest BCUT2D eigenvalue weighted by atomic mass is 32.2. The van der Waals surface area contributed by atoms with E-state index < -0.39 is 10.0 Å². The predicted molar refractivity (Wildman–Crippen MR) is 96.6 cm³/mol. The minimum Gasteiger partial charge on any atom is -0.399 e. The molecule has 0 amide bonds. The monoisotopic (exact) mass is 342 g/mol. The van der Waals surface area contributed by atoms with Gasteiger partial charge in [-0.1, -0.05) is 12.1 Å². The molecule has 3 N–H and O–H groups in total. The number of nitrogens with one attached hydrogen (secondary N) is 1. The fourth-order valence-corrected chi connectivity index (χ4v) is 3.00. The molecule has 0 unspecified atom stereocenters. The van der Waals surface area contributed by atoms with Gasteiger partial charge in [0, 0.05) is 16.9 Å². The van der Waals surface area contributed by atoms with Gasteiger partial charge in [0.1, 0.15) is 0 Å². The molecule has 0 atom stereocenters. The zero-order chi connectivity index (χ0) is 17.3. The van der Waals surface area contributed by atoms with Crippen LogP contribution in [0.4, 0.5) is 11.4 Å². The van der Waals surface area contributed by atoms with Crippen molar-refractivity contribution in [1.29, 1.82) is 0 Å². The number of hydrogen-bond acceptors (Lipinski definition) is 4. The lowest BCUT2D eigenvalue weighted by molar-refractivity contribution is 0.607. The zero-order valence-corrected chi connectivity index (χ0v) is 14.2. The van der Waals surface area contributed by atoms with Crippen molar-refractivity contribution in [2.24, 2.45) is 0 Å². The van der Waals surface area contributed by atoms with Gasteiger partial charge in [-0.25, -0.2) is 13.1 Å². The van der Waals surface area contributed by atoms with E-state index in [1.807, 2.05) is 54.1 Å². The summed E-state index contributed by atoms with van der Waals surface area (Å²) in [7, 11) is -3.29. The molecule has 0 radical (unpaired) electrons. The van der Waals surface area contributed by atoms with Crippen molar-refractivity contribution < 1.29 is 8.42 Å². The Hall–Kier alpha value is -2.80. The van der Waals surface area contributed by atoms with Crippen LogP contribution >= 0.6 is 0 Å². The molecule has 0 aliphatic heterocycles. The topological polar surface area (TPSA) is 90.0 Å². The van der Waals surface area contributed by atoms with Crippen LogP contribution in [0.15, 0.2) is 54.6 Å². The molecular formula is C17H18N4O2S. The summed E-state index contributed by atoms with van der Waals surface area (Å²) in [6.45, 7) is 1.93. The van der Waals surface area contributed by atoms with Gasteiger partial charge in [-0.15, -0.1) is 0 Å². The third-order valence-electron chi connectivity index (χ3n) is 3.45. The van der Waals surface area contributed by atoms with Crippen molar-refractivity contribution in [1.82, 2.24) is 9.78 Å². The highest BCUT2D eigenvalue weighted by Crippen LogP contribution is 2.25. The number of nitrogen functional groups attached to an aromatic ring is 1. The van der Waals surface area contributed by atoms with E-state index in [0.29, 0.717) is 11.4 Å². The predicted octanol–water partition coefficient (Wildman–Crippen LogP) is 2.80. The second kappa shape index (κ2) is 6.01. The van der Waals surface area contributed by atoms with Gasteiger partial charge >= 0.3 is 0 Å². The highest BCUT2D eigenvalue weighted by Gasteiger charge is 2.10. The van der Waals surface area contributed by atoms with Crippen LogP contribution in [-0.4, -0.2) is 24.5 Å². The van der Waals surface area contributed by atoms with E-state index in [1.54, 1.807) is 12.1 Å². The Morgan fingerprint density at radius 1 is 1.04 bits per heavy atom. The number of nitrogens with zero attached hydrogens (tertiary/aromatic N) is 2. The first-order valence-electron chi connectivity index (χ1n) is 7.33. The first-order chi connectivity index (χ1) is 11.3. The molecule has 0 aliphatic rings. The van der Waals surface area contributed by atoms with Gasteiger partial charge in [-0.05, 0) is 49.4 Å². The van der Waals surface area contributed by atoms with E-state index in [1.165, 1.54) is 0 Å². The zero-order valence-electron chi connectivity index (χ0n) is 13.4. The van der Waals surface area contributed by atoms with Gasteiger partial charge in [0.25, 0.3) is 0 Å². The molecule has 124 valence electrons. The van der Waals surface area contributed by atoms with Crippen molar-refractivity contribution in [2.45, 2.75) is 6.92 Å². The van der Waals surface area contributed by atoms with Crippen molar-refractivity contribution in [3.8, 4) is 16.9 Å². The van der Waals surface area contributed by atoms with Crippen LogP contribution in [0.5, 0.6) is 0 Å². The van der Waals surface area contributed by atoms with E-state index in [0.717, 1.165) is 28.9 Å². The van der Waals surface area contributed by atoms with Crippen molar-refractivity contribution in [3.05, 3.63) is 60.3 Å². The summed E-state index contributed by atoms with van der Waals surface area (Å²) < 4.78 is 26.8. The molecule has 0 bridgehead atoms. The second-order valence-electron chi connectivity index (χ2n) is 5.63. The summed E-state index contributed by atoms with van der Waals surface area (Å²) in [4.78, 5) is 0. The molecule has 1 aromatic heterocycles. The smallest absolute Gasteiger partial charge is 0.229 e. The van der Waals surface area contributed by atoms with Gasteiger partial charge in [0.2, 0.25) is 10.0 Å². The molecule has 0 spiro atoms. The summed E-state index contributed by atoms with van der Waals surface area (Å²) in [5, 5.41) is 4.53. The first kappa shape index (κ1) is 16.1. The average molecular weight is 342 g/mol. The highest BCUT2D eigenvalue weighted by molar-refractivity contribution is 7.92. The number of aromatic nitrogens is 2. The number of benzene rings is 2. The Balaban J connectivity index is 1.99. The van der Waals surface area contributed by atoms with E-state index >= 15 is 0 Å². The standard InChI is InChI=1S/C17H18N4O2S/c1-12-11-17(13-3-5-14(18)6-4-13)21(19-12)16-9-7-15(8-10-16)20-24(2,22)23/h3-11,20H,18H2,1-2H3. The van der Waals surface area contributed by atoms with Gasteiger partial charge in [-0.3, -0.25) is 4.72 Å². The summed E-state index contributed by atoms with van der Waals surface area (Å²) in [5.74, 6) is 0. The molecule has 2 aromatic carbocycles. The van der Waals surface area contributed by atoms with E-state index in [4.69, 9.17) is 5.73 Å². The molecule has 0 aliphatic carbocycles. The number of aryl methyl sites for hydroxylation is 1. The van der Waals surface area contributed by atoms with Crippen LogP contribution in [0, 0.1) is 6.92 Å². The van der Waals surface area contributed by atoms with E-state index in [9.17, 15) is 8.42 Å². The van der Waals surface area contributed by atoms with Crippen LogP contribution in [0.2, 0.25) is 0 Å². The maximum atomic E-state index is 11.3. The van der Waals surface area contributed by atoms with Crippen LogP contribution in [0.3, 0.4) is 0 Å².